The zero-order chi connectivity index (χ0) is 10.6. The molecule has 1 aromatic carbocycles. The second-order valence-corrected chi connectivity index (χ2v) is 4.56. The molecule has 0 heterocycles. The molecule has 0 aliphatic rings. The van der Waals surface area contributed by atoms with E-state index in [1.165, 1.54) is 0 Å². The van der Waals surface area contributed by atoms with Gasteiger partial charge in [-0.05, 0) is 11.1 Å². The third-order valence-electron chi connectivity index (χ3n) is 1.62. The van der Waals surface area contributed by atoms with Crippen molar-refractivity contribution in [2.75, 3.05) is 6.26 Å². The molecule has 0 aliphatic heterocycles. The van der Waals surface area contributed by atoms with Gasteiger partial charge in [-0.3, -0.25) is 4.18 Å². The fourth-order valence-corrected chi connectivity index (χ4v) is 1.25. The first-order valence-corrected chi connectivity index (χ1v) is 5.81. The summed E-state index contributed by atoms with van der Waals surface area (Å²) in [6.45, 7) is -0.529. The van der Waals surface area contributed by atoms with Gasteiger partial charge in [-0.25, -0.2) is 4.39 Å². The molecule has 14 heavy (non-hydrogen) atoms. The maximum absolute atomic E-state index is 12.1. The maximum atomic E-state index is 12.1. The second-order valence-electron chi connectivity index (χ2n) is 2.92. The van der Waals surface area contributed by atoms with Crippen LogP contribution in [0.4, 0.5) is 4.39 Å². The first kappa shape index (κ1) is 11.1. The molecule has 3 nitrogen and oxygen atoms in total. The summed E-state index contributed by atoms with van der Waals surface area (Å²) in [5.41, 5.74) is 1.26. The molecule has 0 spiro atoms. The molecule has 0 saturated carbocycles. The van der Waals surface area contributed by atoms with Crippen LogP contribution in [0.1, 0.15) is 11.1 Å². The molecule has 1 rings (SSSR count). The summed E-state index contributed by atoms with van der Waals surface area (Å²) in [6.07, 6.45) is 0.989. The Morgan fingerprint density at radius 3 is 2.14 bits per heavy atom. The summed E-state index contributed by atoms with van der Waals surface area (Å²) >= 11 is 0. The number of alkyl halides is 1. The Labute approximate surface area is 82.6 Å². The van der Waals surface area contributed by atoms with Crippen molar-refractivity contribution < 1.29 is 17.0 Å². The molecule has 1 aromatic rings. The highest BCUT2D eigenvalue weighted by atomic mass is 32.2. The highest BCUT2D eigenvalue weighted by Gasteiger charge is 2.02. The molecule has 0 radical (unpaired) electrons. The SMILES string of the molecule is CS(=O)(=O)OCc1ccc(C[18F])cc1. The summed E-state index contributed by atoms with van der Waals surface area (Å²) in [5.74, 6) is 0. The van der Waals surface area contributed by atoms with Gasteiger partial charge in [-0.2, -0.15) is 8.42 Å². The fourth-order valence-electron chi connectivity index (χ4n) is 0.900. The molecular weight excluding hydrogens is 206 g/mol. The van der Waals surface area contributed by atoms with Crippen LogP contribution >= 0.6 is 0 Å². The Bertz CT molecular complexity index is 383. The zero-order valence-electron chi connectivity index (χ0n) is 7.73. The van der Waals surface area contributed by atoms with Gasteiger partial charge in [-0.1, -0.05) is 24.3 Å². The Morgan fingerprint density at radius 2 is 1.71 bits per heavy atom. The minimum absolute atomic E-state index is 0.00853. The van der Waals surface area contributed by atoms with Crippen molar-refractivity contribution in [2.45, 2.75) is 13.3 Å². The summed E-state index contributed by atoms with van der Waals surface area (Å²) in [5, 5.41) is 0. The van der Waals surface area contributed by atoms with Gasteiger partial charge in [0.1, 0.15) is 6.67 Å². The van der Waals surface area contributed by atoms with E-state index >= 15 is 0 Å². The van der Waals surface area contributed by atoms with Crippen LogP contribution in [0, 0.1) is 0 Å². The van der Waals surface area contributed by atoms with Gasteiger partial charge < -0.3 is 0 Å². The van der Waals surface area contributed by atoms with Crippen molar-refractivity contribution in [1.29, 1.82) is 0 Å². The lowest BCUT2D eigenvalue weighted by Gasteiger charge is -2.01. The van der Waals surface area contributed by atoms with Gasteiger partial charge in [0.2, 0.25) is 0 Å². The fraction of sp³-hybridized carbons (Fsp3) is 0.333. The van der Waals surface area contributed by atoms with E-state index in [2.05, 4.69) is 4.18 Å². The van der Waals surface area contributed by atoms with E-state index in [0.29, 0.717) is 11.1 Å². The topological polar surface area (TPSA) is 43.4 Å². The van der Waals surface area contributed by atoms with Gasteiger partial charge in [0.25, 0.3) is 10.1 Å². The number of hydrogen-bond donors (Lipinski definition) is 0. The first-order valence-electron chi connectivity index (χ1n) is 3.99. The molecule has 0 amide bonds. The third kappa shape index (κ3) is 3.85. The molecule has 0 unspecified atom stereocenters. The summed E-state index contributed by atoms with van der Waals surface area (Å²) < 4.78 is 38.0. The van der Waals surface area contributed by atoms with E-state index < -0.39 is 16.8 Å². The summed E-state index contributed by atoms with van der Waals surface area (Å²) in [7, 11) is -3.41. The van der Waals surface area contributed by atoms with Crippen LogP contribution in [0.25, 0.3) is 0 Å². The molecule has 0 aromatic heterocycles. The molecular formula is C9H11FO3S. The molecule has 0 fully saturated rings. The van der Waals surface area contributed by atoms with E-state index in [1.54, 1.807) is 24.3 Å². The van der Waals surface area contributed by atoms with E-state index in [1.807, 2.05) is 0 Å². The Hall–Kier alpha value is -0.940. The van der Waals surface area contributed by atoms with Crippen LogP contribution in [0.3, 0.4) is 0 Å². The Morgan fingerprint density at radius 1 is 1.21 bits per heavy atom. The van der Waals surface area contributed by atoms with Crippen molar-refractivity contribution in [1.82, 2.24) is 0 Å². The standard InChI is InChI=1S/C9H11FO3S/c1-14(11,12)13-7-9-4-2-8(6-10)3-5-9/h2-5H,6-7H2,1H3/i10-1. The lowest BCUT2D eigenvalue weighted by Crippen LogP contribution is -2.02. The quantitative estimate of drug-likeness (QED) is 0.720. The average Bonchev–Trinajstić information content (AvgIpc) is 2.14. The Balaban J connectivity index is 2.61. The van der Waals surface area contributed by atoms with Crippen LogP contribution in [-0.4, -0.2) is 14.7 Å². The predicted molar refractivity (Wildman–Crippen MR) is 50.9 cm³/mol. The lowest BCUT2D eigenvalue weighted by molar-refractivity contribution is 0.311. The van der Waals surface area contributed by atoms with Gasteiger partial charge in [0.15, 0.2) is 0 Å². The highest BCUT2D eigenvalue weighted by Crippen LogP contribution is 2.07. The monoisotopic (exact) mass is 217 g/mol. The molecule has 0 atom stereocenters. The zero-order valence-corrected chi connectivity index (χ0v) is 8.55. The molecule has 78 valence electrons. The minimum Gasteiger partial charge on any atom is -0.265 e. The molecule has 0 bridgehead atoms. The molecule has 0 N–H and O–H groups in total. The van der Waals surface area contributed by atoms with E-state index in [0.717, 1.165) is 6.26 Å². The number of halogens is 1. The minimum atomic E-state index is -3.41. The van der Waals surface area contributed by atoms with Gasteiger partial charge in [-0.15, -0.1) is 0 Å². The second kappa shape index (κ2) is 4.52. The Kier molecular flexibility index (Phi) is 3.60. The predicted octanol–water partition coefficient (Wildman–Crippen LogP) is 1.63. The van der Waals surface area contributed by atoms with Crippen molar-refractivity contribution in [2.24, 2.45) is 0 Å². The van der Waals surface area contributed by atoms with Crippen LogP contribution < -0.4 is 0 Å². The first-order chi connectivity index (χ1) is 6.51. The third-order valence-corrected chi connectivity index (χ3v) is 2.16. The highest BCUT2D eigenvalue weighted by molar-refractivity contribution is 7.85. The van der Waals surface area contributed by atoms with Gasteiger partial charge >= 0.3 is 0 Å². The summed E-state index contributed by atoms with van der Waals surface area (Å²) in [6, 6.07) is 6.47. The van der Waals surface area contributed by atoms with E-state index in [4.69, 9.17) is 0 Å². The smallest absolute Gasteiger partial charge is 0.264 e. The van der Waals surface area contributed by atoms with Crippen molar-refractivity contribution >= 4 is 10.1 Å². The van der Waals surface area contributed by atoms with Gasteiger partial charge in [0, 0.05) is 0 Å². The normalized spacial score (nSPS) is 11.6. The van der Waals surface area contributed by atoms with Crippen LogP contribution in [0.2, 0.25) is 0 Å². The van der Waals surface area contributed by atoms with Crippen molar-refractivity contribution in [3.8, 4) is 0 Å². The van der Waals surface area contributed by atoms with Crippen LogP contribution in [-0.2, 0) is 27.6 Å². The molecule has 0 saturated heterocycles. The molecule has 0 aliphatic carbocycles. The summed E-state index contributed by atoms with van der Waals surface area (Å²) in [4.78, 5) is 0. The lowest BCUT2D eigenvalue weighted by atomic mass is 10.2. The van der Waals surface area contributed by atoms with Crippen molar-refractivity contribution in [3.05, 3.63) is 35.4 Å². The maximum Gasteiger partial charge on any atom is 0.264 e. The number of rotatable bonds is 4. The largest absolute Gasteiger partial charge is 0.265 e. The number of hydrogen-bond acceptors (Lipinski definition) is 3. The molecule has 5 heteroatoms. The van der Waals surface area contributed by atoms with Crippen LogP contribution in [0.5, 0.6) is 0 Å². The van der Waals surface area contributed by atoms with Crippen molar-refractivity contribution in [3.63, 3.8) is 0 Å². The number of benzene rings is 1. The van der Waals surface area contributed by atoms with E-state index in [9.17, 15) is 12.8 Å². The van der Waals surface area contributed by atoms with Crippen LogP contribution in [0.15, 0.2) is 24.3 Å². The van der Waals surface area contributed by atoms with E-state index in [-0.39, 0.29) is 6.61 Å². The van der Waals surface area contributed by atoms with Gasteiger partial charge in [0.05, 0.1) is 12.9 Å². The average molecular weight is 217 g/mol.